The molecule has 3 heterocycles. The SMILES string of the molecule is O=C(Nc1n[nH]c(-c2ccc3c(c2)OCCO3)n1)c1ccc(Oc2ccncc2)c(Cl)c1. The highest BCUT2D eigenvalue weighted by atomic mass is 35.5. The van der Waals surface area contributed by atoms with E-state index in [1.165, 1.54) is 6.07 Å². The second kappa shape index (κ2) is 8.56. The van der Waals surface area contributed by atoms with E-state index in [-0.39, 0.29) is 5.95 Å². The second-order valence-corrected chi connectivity index (χ2v) is 7.16. The lowest BCUT2D eigenvalue weighted by Gasteiger charge is -2.18. The standard InChI is InChI=1S/C22H16ClN5O4/c23-16-11-14(2-3-17(16)32-15-5-7-24-8-6-15)21(29)26-22-25-20(27-28-22)13-1-4-18-19(12-13)31-10-9-30-18/h1-8,11-12H,9-10H2,(H2,25,26,27,28,29). The van der Waals surface area contributed by atoms with Crippen LogP contribution in [-0.4, -0.2) is 39.3 Å². The highest BCUT2D eigenvalue weighted by Gasteiger charge is 2.16. The van der Waals surface area contributed by atoms with Crippen molar-refractivity contribution < 1.29 is 19.0 Å². The van der Waals surface area contributed by atoms with Crippen LogP contribution in [0.15, 0.2) is 60.9 Å². The number of hydrogen-bond acceptors (Lipinski definition) is 7. The lowest BCUT2D eigenvalue weighted by atomic mass is 10.2. The molecule has 9 nitrogen and oxygen atoms in total. The van der Waals surface area contributed by atoms with Crippen LogP contribution in [0.5, 0.6) is 23.0 Å². The fourth-order valence-corrected chi connectivity index (χ4v) is 3.29. The van der Waals surface area contributed by atoms with Crippen LogP contribution in [0.4, 0.5) is 5.95 Å². The predicted octanol–water partition coefficient (Wildman–Crippen LogP) is 4.34. The zero-order chi connectivity index (χ0) is 21.9. The maximum Gasteiger partial charge on any atom is 0.258 e. The van der Waals surface area contributed by atoms with E-state index in [1.54, 1.807) is 36.7 Å². The van der Waals surface area contributed by atoms with E-state index in [1.807, 2.05) is 18.2 Å². The molecule has 2 aromatic heterocycles. The van der Waals surface area contributed by atoms with Gasteiger partial charge in [-0.2, -0.15) is 4.98 Å². The number of pyridine rings is 1. The van der Waals surface area contributed by atoms with Gasteiger partial charge >= 0.3 is 0 Å². The first kappa shape index (κ1) is 19.8. The van der Waals surface area contributed by atoms with Crippen LogP contribution >= 0.6 is 11.6 Å². The minimum absolute atomic E-state index is 0.133. The van der Waals surface area contributed by atoms with Gasteiger partial charge in [-0.25, -0.2) is 0 Å². The number of anilines is 1. The van der Waals surface area contributed by atoms with E-state index >= 15 is 0 Å². The molecular weight excluding hydrogens is 434 g/mol. The number of benzene rings is 2. The van der Waals surface area contributed by atoms with E-state index < -0.39 is 5.91 Å². The monoisotopic (exact) mass is 449 g/mol. The minimum atomic E-state index is -0.407. The number of ether oxygens (including phenoxy) is 3. The zero-order valence-corrected chi connectivity index (χ0v) is 17.3. The van der Waals surface area contributed by atoms with Crippen LogP contribution in [0.3, 0.4) is 0 Å². The Balaban J connectivity index is 1.28. The highest BCUT2D eigenvalue weighted by molar-refractivity contribution is 6.32. The Morgan fingerprint density at radius 3 is 2.66 bits per heavy atom. The predicted molar refractivity (Wildman–Crippen MR) is 117 cm³/mol. The molecule has 0 bridgehead atoms. The maximum absolute atomic E-state index is 12.6. The number of hydrogen-bond donors (Lipinski definition) is 2. The zero-order valence-electron chi connectivity index (χ0n) is 16.5. The first-order chi connectivity index (χ1) is 15.7. The molecule has 0 fully saturated rings. The van der Waals surface area contributed by atoms with E-state index in [0.29, 0.717) is 52.6 Å². The molecule has 0 atom stereocenters. The molecule has 160 valence electrons. The number of rotatable bonds is 5. The van der Waals surface area contributed by atoms with E-state index in [0.717, 1.165) is 5.56 Å². The number of H-pyrrole nitrogens is 1. The van der Waals surface area contributed by atoms with Gasteiger partial charge in [0.05, 0.1) is 5.02 Å². The van der Waals surface area contributed by atoms with Crippen LogP contribution < -0.4 is 19.5 Å². The number of aromatic nitrogens is 4. The molecule has 0 unspecified atom stereocenters. The van der Waals surface area contributed by atoms with E-state index in [2.05, 4.69) is 25.5 Å². The molecule has 32 heavy (non-hydrogen) atoms. The van der Waals surface area contributed by atoms with Gasteiger partial charge in [0.1, 0.15) is 24.7 Å². The Morgan fingerprint density at radius 1 is 1.03 bits per heavy atom. The molecule has 2 N–H and O–H groups in total. The summed E-state index contributed by atoms with van der Waals surface area (Å²) in [5.41, 5.74) is 1.09. The summed E-state index contributed by atoms with van der Waals surface area (Å²) < 4.78 is 16.8. The quantitative estimate of drug-likeness (QED) is 0.466. The molecule has 1 aliphatic heterocycles. The fraction of sp³-hybridized carbons (Fsp3) is 0.0909. The Labute approximate surface area is 187 Å². The molecule has 10 heteroatoms. The molecule has 5 rings (SSSR count). The number of nitrogens with zero attached hydrogens (tertiary/aromatic N) is 3. The van der Waals surface area contributed by atoms with Crippen molar-refractivity contribution in [1.82, 2.24) is 20.2 Å². The largest absolute Gasteiger partial charge is 0.486 e. The van der Waals surface area contributed by atoms with Crippen molar-refractivity contribution in [2.24, 2.45) is 0 Å². The van der Waals surface area contributed by atoms with Crippen molar-refractivity contribution in [3.8, 4) is 34.4 Å². The Bertz CT molecular complexity index is 1280. The summed E-state index contributed by atoms with van der Waals surface area (Å²) in [5, 5.41) is 9.82. The number of aromatic amines is 1. The summed E-state index contributed by atoms with van der Waals surface area (Å²) in [7, 11) is 0. The first-order valence-corrected chi connectivity index (χ1v) is 10.0. The maximum atomic E-state index is 12.6. The Morgan fingerprint density at radius 2 is 1.84 bits per heavy atom. The van der Waals surface area contributed by atoms with Crippen LogP contribution in [0.2, 0.25) is 5.02 Å². The van der Waals surface area contributed by atoms with Crippen LogP contribution in [-0.2, 0) is 0 Å². The summed E-state index contributed by atoms with van der Waals surface area (Å²) in [4.78, 5) is 20.9. The molecule has 4 aromatic rings. The number of nitrogens with one attached hydrogen (secondary N) is 2. The van der Waals surface area contributed by atoms with Crippen molar-refractivity contribution in [3.63, 3.8) is 0 Å². The molecule has 1 aliphatic rings. The van der Waals surface area contributed by atoms with Crippen molar-refractivity contribution >= 4 is 23.5 Å². The minimum Gasteiger partial charge on any atom is -0.486 e. The molecule has 2 aromatic carbocycles. The van der Waals surface area contributed by atoms with E-state index in [9.17, 15) is 4.79 Å². The van der Waals surface area contributed by atoms with Crippen LogP contribution in [0, 0.1) is 0 Å². The number of carbonyl (C=O) groups excluding carboxylic acids is 1. The smallest absolute Gasteiger partial charge is 0.258 e. The molecule has 0 saturated heterocycles. The summed E-state index contributed by atoms with van der Waals surface area (Å²) >= 11 is 6.29. The fourth-order valence-electron chi connectivity index (χ4n) is 3.07. The van der Waals surface area contributed by atoms with Gasteiger partial charge < -0.3 is 14.2 Å². The highest BCUT2D eigenvalue weighted by Crippen LogP contribution is 2.34. The summed E-state index contributed by atoms with van der Waals surface area (Å²) in [6.45, 7) is 1.01. The van der Waals surface area contributed by atoms with Crippen molar-refractivity contribution in [1.29, 1.82) is 0 Å². The summed E-state index contributed by atoms with van der Waals surface area (Å²) in [6, 6.07) is 13.6. The molecule has 0 radical (unpaired) electrons. The summed E-state index contributed by atoms with van der Waals surface area (Å²) in [6.07, 6.45) is 3.22. The van der Waals surface area contributed by atoms with Crippen LogP contribution in [0.1, 0.15) is 10.4 Å². The third-order valence-corrected chi connectivity index (χ3v) is 4.89. The molecule has 0 aliphatic carbocycles. The normalized spacial score (nSPS) is 12.3. The Hall–Kier alpha value is -4.11. The average molecular weight is 450 g/mol. The van der Waals surface area contributed by atoms with E-state index in [4.69, 9.17) is 25.8 Å². The molecule has 1 amide bonds. The van der Waals surface area contributed by atoms with Gasteiger partial charge in [-0.15, -0.1) is 5.10 Å². The van der Waals surface area contributed by atoms with Crippen molar-refractivity contribution in [2.75, 3.05) is 18.5 Å². The topological polar surface area (TPSA) is 111 Å². The van der Waals surface area contributed by atoms with Crippen LogP contribution in [0.25, 0.3) is 11.4 Å². The first-order valence-electron chi connectivity index (χ1n) is 9.67. The lowest BCUT2D eigenvalue weighted by Crippen LogP contribution is -2.15. The van der Waals surface area contributed by atoms with Gasteiger partial charge in [0.15, 0.2) is 17.3 Å². The van der Waals surface area contributed by atoms with Gasteiger partial charge in [-0.1, -0.05) is 11.6 Å². The van der Waals surface area contributed by atoms with Gasteiger partial charge in [0.25, 0.3) is 5.91 Å². The number of carbonyl (C=O) groups is 1. The third kappa shape index (κ3) is 4.19. The molecule has 0 spiro atoms. The summed E-state index contributed by atoms with van der Waals surface area (Å²) in [5.74, 6) is 2.54. The average Bonchev–Trinajstić information content (AvgIpc) is 3.29. The third-order valence-electron chi connectivity index (χ3n) is 4.60. The number of fused-ring (bicyclic) bond motifs is 1. The second-order valence-electron chi connectivity index (χ2n) is 6.75. The van der Waals surface area contributed by atoms with Crippen molar-refractivity contribution in [3.05, 3.63) is 71.5 Å². The van der Waals surface area contributed by atoms with Gasteiger partial charge in [0, 0.05) is 23.5 Å². The molecular formula is C22H16ClN5O4. The van der Waals surface area contributed by atoms with Gasteiger partial charge in [0.2, 0.25) is 5.95 Å². The number of halogens is 1. The molecule has 0 saturated carbocycles. The Kier molecular flexibility index (Phi) is 5.30. The van der Waals surface area contributed by atoms with Gasteiger partial charge in [-0.05, 0) is 48.5 Å². The van der Waals surface area contributed by atoms with Gasteiger partial charge in [-0.3, -0.25) is 20.2 Å². The lowest BCUT2D eigenvalue weighted by molar-refractivity contribution is 0.102. The van der Waals surface area contributed by atoms with Crippen molar-refractivity contribution in [2.45, 2.75) is 0 Å². The number of amides is 1.